The lowest BCUT2D eigenvalue weighted by Crippen LogP contribution is -2.42. The third-order valence-corrected chi connectivity index (χ3v) is 6.51. The van der Waals surface area contributed by atoms with Crippen molar-refractivity contribution in [3.63, 3.8) is 0 Å². The first kappa shape index (κ1) is 20.2. The molecule has 1 saturated carbocycles. The maximum Gasteiger partial charge on any atom is 0.225 e. The van der Waals surface area contributed by atoms with E-state index in [-0.39, 0.29) is 11.5 Å². The molecule has 0 unspecified atom stereocenters. The fraction of sp³-hybridized carbons (Fsp3) is 0.696. The van der Waals surface area contributed by atoms with Crippen molar-refractivity contribution in [3.8, 4) is 0 Å². The van der Waals surface area contributed by atoms with Gasteiger partial charge in [0.05, 0.1) is 11.9 Å². The van der Waals surface area contributed by atoms with Crippen LogP contribution in [0.3, 0.4) is 0 Å². The largest absolute Gasteiger partial charge is 0.365 e. The SMILES string of the molecule is CC1CCC(C(=O)N2CCC(c3nc4cnccn4c3NC(C)(C)C)CC2)CC1. The van der Waals surface area contributed by atoms with Crippen LogP contribution in [-0.4, -0.2) is 43.8 Å². The molecule has 1 saturated heterocycles. The van der Waals surface area contributed by atoms with Gasteiger partial charge in [-0.3, -0.25) is 14.2 Å². The molecule has 0 atom stereocenters. The summed E-state index contributed by atoms with van der Waals surface area (Å²) < 4.78 is 2.11. The first-order valence-electron chi connectivity index (χ1n) is 11.2. The number of amides is 1. The minimum Gasteiger partial charge on any atom is -0.365 e. The summed E-state index contributed by atoms with van der Waals surface area (Å²) in [5.41, 5.74) is 1.94. The highest BCUT2D eigenvalue weighted by molar-refractivity contribution is 5.79. The smallest absolute Gasteiger partial charge is 0.225 e. The van der Waals surface area contributed by atoms with E-state index in [9.17, 15) is 4.79 Å². The molecule has 6 nitrogen and oxygen atoms in total. The summed E-state index contributed by atoms with van der Waals surface area (Å²) >= 11 is 0. The van der Waals surface area contributed by atoms with Crippen LogP contribution >= 0.6 is 0 Å². The molecule has 1 aliphatic carbocycles. The number of hydrogen-bond donors (Lipinski definition) is 1. The van der Waals surface area contributed by atoms with E-state index in [4.69, 9.17) is 4.98 Å². The summed E-state index contributed by atoms with van der Waals surface area (Å²) in [7, 11) is 0. The molecule has 4 rings (SSSR count). The molecule has 2 aromatic heterocycles. The van der Waals surface area contributed by atoms with Crippen molar-refractivity contribution >= 4 is 17.4 Å². The average Bonchev–Trinajstić information content (AvgIpc) is 3.05. The van der Waals surface area contributed by atoms with Gasteiger partial charge < -0.3 is 10.2 Å². The second kappa shape index (κ2) is 7.96. The summed E-state index contributed by atoms with van der Waals surface area (Å²) in [6.07, 6.45) is 12.1. The lowest BCUT2D eigenvalue weighted by Gasteiger charge is -2.36. The van der Waals surface area contributed by atoms with Crippen LogP contribution < -0.4 is 5.32 Å². The molecule has 1 N–H and O–H groups in total. The number of piperidine rings is 1. The highest BCUT2D eigenvalue weighted by Gasteiger charge is 2.33. The molecule has 158 valence electrons. The fourth-order valence-corrected chi connectivity index (χ4v) is 4.83. The number of anilines is 1. The van der Waals surface area contributed by atoms with Crippen molar-refractivity contribution < 1.29 is 4.79 Å². The number of carbonyl (C=O) groups is 1. The topological polar surface area (TPSA) is 62.5 Å². The van der Waals surface area contributed by atoms with Gasteiger partial charge >= 0.3 is 0 Å². The van der Waals surface area contributed by atoms with Crippen LogP contribution in [0.5, 0.6) is 0 Å². The number of carbonyl (C=O) groups excluding carboxylic acids is 1. The second-order valence-electron chi connectivity index (χ2n) is 10.1. The van der Waals surface area contributed by atoms with Crippen LogP contribution in [0.1, 0.15) is 77.8 Å². The van der Waals surface area contributed by atoms with E-state index in [2.05, 4.69) is 47.3 Å². The Labute approximate surface area is 174 Å². The van der Waals surface area contributed by atoms with Gasteiger partial charge in [0.25, 0.3) is 0 Å². The Hall–Kier alpha value is -2.11. The predicted molar refractivity (Wildman–Crippen MR) is 116 cm³/mol. The fourth-order valence-electron chi connectivity index (χ4n) is 4.83. The Bertz CT molecular complexity index is 852. The molecule has 2 aliphatic rings. The lowest BCUT2D eigenvalue weighted by molar-refractivity contribution is -0.137. The van der Waals surface area contributed by atoms with Gasteiger partial charge in [-0.2, -0.15) is 0 Å². The first-order chi connectivity index (χ1) is 13.8. The van der Waals surface area contributed by atoms with Crippen LogP contribution in [0.25, 0.3) is 5.65 Å². The highest BCUT2D eigenvalue weighted by Crippen LogP contribution is 2.36. The van der Waals surface area contributed by atoms with Crippen molar-refractivity contribution in [1.29, 1.82) is 0 Å². The van der Waals surface area contributed by atoms with Crippen LogP contribution in [0.2, 0.25) is 0 Å². The lowest BCUT2D eigenvalue weighted by atomic mass is 9.82. The van der Waals surface area contributed by atoms with Crippen molar-refractivity contribution in [2.45, 2.75) is 77.7 Å². The number of nitrogens with one attached hydrogen (secondary N) is 1. The summed E-state index contributed by atoms with van der Waals surface area (Å²) in [6, 6.07) is 0. The number of imidazole rings is 1. The summed E-state index contributed by atoms with van der Waals surface area (Å²) in [6.45, 7) is 10.5. The number of likely N-dealkylation sites (tertiary alicyclic amines) is 1. The Kier molecular flexibility index (Phi) is 5.54. The molecule has 1 amide bonds. The van der Waals surface area contributed by atoms with Gasteiger partial charge in [0.1, 0.15) is 5.82 Å². The van der Waals surface area contributed by atoms with Gasteiger partial charge in [-0.1, -0.05) is 6.92 Å². The van der Waals surface area contributed by atoms with E-state index < -0.39 is 0 Å². The molecular formula is C23H35N5O. The molecular weight excluding hydrogens is 362 g/mol. The quantitative estimate of drug-likeness (QED) is 0.830. The molecule has 3 heterocycles. The van der Waals surface area contributed by atoms with Crippen LogP contribution in [-0.2, 0) is 4.79 Å². The van der Waals surface area contributed by atoms with E-state index in [0.29, 0.717) is 11.8 Å². The molecule has 1 aliphatic heterocycles. The molecule has 0 spiro atoms. The number of rotatable bonds is 3. The summed E-state index contributed by atoms with van der Waals surface area (Å²) in [4.78, 5) is 24.3. The van der Waals surface area contributed by atoms with Gasteiger partial charge in [0, 0.05) is 42.9 Å². The van der Waals surface area contributed by atoms with Gasteiger partial charge in [0.15, 0.2) is 5.65 Å². The molecule has 0 aromatic carbocycles. The first-order valence-corrected chi connectivity index (χ1v) is 11.2. The van der Waals surface area contributed by atoms with Crippen LogP contribution in [0.4, 0.5) is 5.82 Å². The number of fused-ring (bicyclic) bond motifs is 1. The summed E-state index contributed by atoms with van der Waals surface area (Å²) in [5, 5.41) is 3.65. The van der Waals surface area contributed by atoms with Crippen molar-refractivity contribution in [3.05, 3.63) is 24.3 Å². The van der Waals surface area contributed by atoms with Gasteiger partial charge in [-0.15, -0.1) is 0 Å². The van der Waals surface area contributed by atoms with E-state index >= 15 is 0 Å². The zero-order chi connectivity index (χ0) is 20.6. The monoisotopic (exact) mass is 397 g/mol. The van der Waals surface area contributed by atoms with Crippen molar-refractivity contribution in [2.75, 3.05) is 18.4 Å². The van der Waals surface area contributed by atoms with Crippen LogP contribution in [0.15, 0.2) is 18.6 Å². The van der Waals surface area contributed by atoms with Crippen molar-refractivity contribution in [2.24, 2.45) is 11.8 Å². The second-order valence-corrected chi connectivity index (χ2v) is 10.1. The minimum atomic E-state index is -0.0528. The maximum atomic E-state index is 13.0. The normalized spacial score (nSPS) is 24.1. The Balaban J connectivity index is 1.48. The third-order valence-electron chi connectivity index (χ3n) is 6.51. The molecule has 29 heavy (non-hydrogen) atoms. The maximum absolute atomic E-state index is 13.0. The zero-order valence-corrected chi connectivity index (χ0v) is 18.3. The molecule has 2 fully saturated rings. The molecule has 6 heteroatoms. The van der Waals surface area contributed by atoms with E-state index in [1.54, 1.807) is 6.20 Å². The van der Waals surface area contributed by atoms with Gasteiger partial charge in [0.2, 0.25) is 5.91 Å². The van der Waals surface area contributed by atoms with Gasteiger partial charge in [-0.05, 0) is 65.2 Å². The number of nitrogens with zero attached hydrogens (tertiary/aromatic N) is 4. The zero-order valence-electron chi connectivity index (χ0n) is 18.3. The molecule has 0 radical (unpaired) electrons. The standard InChI is InChI=1S/C23H35N5O/c1-16-5-7-18(8-6-16)22(29)27-12-9-17(10-13-27)20-21(26-23(2,3)4)28-14-11-24-15-19(28)25-20/h11,14-18,26H,5-10,12-13H2,1-4H3. The predicted octanol–water partition coefficient (Wildman–Crippen LogP) is 4.47. The third kappa shape index (κ3) is 4.41. The van der Waals surface area contributed by atoms with Gasteiger partial charge in [-0.25, -0.2) is 4.98 Å². The Morgan fingerprint density at radius 3 is 2.45 bits per heavy atom. The highest BCUT2D eigenvalue weighted by atomic mass is 16.2. The average molecular weight is 398 g/mol. The Morgan fingerprint density at radius 2 is 1.79 bits per heavy atom. The molecule has 2 aromatic rings. The van der Waals surface area contributed by atoms with E-state index in [1.807, 2.05) is 12.4 Å². The summed E-state index contributed by atoms with van der Waals surface area (Å²) in [5.74, 6) is 2.86. The Morgan fingerprint density at radius 1 is 1.10 bits per heavy atom. The number of aromatic nitrogens is 3. The van der Waals surface area contributed by atoms with E-state index in [1.165, 1.54) is 12.8 Å². The van der Waals surface area contributed by atoms with Crippen molar-refractivity contribution in [1.82, 2.24) is 19.3 Å². The van der Waals surface area contributed by atoms with E-state index in [0.717, 1.165) is 61.8 Å². The number of hydrogen-bond acceptors (Lipinski definition) is 4. The minimum absolute atomic E-state index is 0.0528. The van der Waals surface area contributed by atoms with Crippen LogP contribution in [0, 0.1) is 11.8 Å². The molecule has 0 bridgehead atoms.